The molecular weight excluding hydrogens is 190 g/mol. The van der Waals surface area contributed by atoms with Gasteiger partial charge in [0.25, 0.3) is 0 Å². The first-order valence-corrected chi connectivity index (χ1v) is 6.36. The SMILES string of the molecule is CCSCCNCC(Cl)C1CC1. The van der Waals surface area contributed by atoms with Gasteiger partial charge in [0.05, 0.1) is 0 Å². The third kappa shape index (κ3) is 4.58. The van der Waals surface area contributed by atoms with E-state index in [1.807, 2.05) is 11.8 Å². The first-order chi connectivity index (χ1) is 5.84. The van der Waals surface area contributed by atoms with Crippen molar-refractivity contribution in [2.75, 3.05) is 24.6 Å². The Bertz CT molecular complexity index is 117. The number of hydrogen-bond donors (Lipinski definition) is 1. The molecule has 0 bridgehead atoms. The Labute approximate surface area is 84.6 Å². The van der Waals surface area contributed by atoms with Crippen LogP contribution in [0.15, 0.2) is 0 Å². The first kappa shape index (κ1) is 10.7. The number of hydrogen-bond acceptors (Lipinski definition) is 2. The lowest BCUT2D eigenvalue weighted by molar-refractivity contribution is 0.640. The Morgan fingerprint density at radius 1 is 1.58 bits per heavy atom. The zero-order valence-corrected chi connectivity index (χ0v) is 9.26. The highest BCUT2D eigenvalue weighted by molar-refractivity contribution is 7.99. The highest BCUT2D eigenvalue weighted by Crippen LogP contribution is 2.35. The Balaban J connectivity index is 1.81. The van der Waals surface area contributed by atoms with Crippen molar-refractivity contribution in [3.8, 4) is 0 Å². The Morgan fingerprint density at radius 3 is 2.92 bits per heavy atom. The molecule has 0 amide bonds. The summed E-state index contributed by atoms with van der Waals surface area (Å²) in [6.45, 7) is 4.30. The summed E-state index contributed by atoms with van der Waals surface area (Å²) in [4.78, 5) is 0. The van der Waals surface area contributed by atoms with E-state index >= 15 is 0 Å². The van der Waals surface area contributed by atoms with E-state index in [-0.39, 0.29) is 0 Å². The van der Waals surface area contributed by atoms with E-state index in [9.17, 15) is 0 Å². The number of rotatable bonds is 7. The average molecular weight is 208 g/mol. The van der Waals surface area contributed by atoms with Crippen LogP contribution in [-0.4, -0.2) is 30.0 Å². The average Bonchev–Trinajstić information content (AvgIpc) is 2.86. The van der Waals surface area contributed by atoms with Crippen molar-refractivity contribution in [2.45, 2.75) is 25.1 Å². The van der Waals surface area contributed by atoms with Gasteiger partial charge in [-0.15, -0.1) is 11.6 Å². The van der Waals surface area contributed by atoms with Crippen molar-refractivity contribution < 1.29 is 0 Å². The number of thioether (sulfide) groups is 1. The second-order valence-corrected chi connectivity index (χ2v) is 5.21. The second-order valence-electron chi connectivity index (χ2n) is 3.25. The van der Waals surface area contributed by atoms with Crippen molar-refractivity contribution in [2.24, 2.45) is 5.92 Å². The fraction of sp³-hybridized carbons (Fsp3) is 1.00. The number of nitrogens with one attached hydrogen (secondary N) is 1. The molecule has 0 heterocycles. The smallest absolute Gasteiger partial charge is 0.0488 e. The molecule has 0 spiro atoms. The minimum atomic E-state index is 0.386. The van der Waals surface area contributed by atoms with Crippen molar-refractivity contribution in [3.05, 3.63) is 0 Å². The third-order valence-corrected chi connectivity index (χ3v) is 3.51. The maximum Gasteiger partial charge on any atom is 0.0488 e. The molecule has 1 nitrogen and oxygen atoms in total. The molecule has 1 aliphatic carbocycles. The van der Waals surface area contributed by atoms with Crippen molar-refractivity contribution >= 4 is 23.4 Å². The van der Waals surface area contributed by atoms with E-state index in [1.54, 1.807) is 0 Å². The molecule has 1 atom stereocenters. The van der Waals surface area contributed by atoms with Crippen LogP contribution in [0.2, 0.25) is 0 Å². The molecule has 3 heteroatoms. The van der Waals surface area contributed by atoms with Crippen LogP contribution in [-0.2, 0) is 0 Å². The van der Waals surface area contributed by atoms with Gasteiger partial charge in [0, 0.05) is 24.2 Å². The lowest BCUT2D eigenvalue weighted by Crippen LogP contribution is -2.26. The Morgan fingerprint density at radius 2 is 2.33 bits per heavy atom. The minimum Gasteiger partial charge on any atom is -0.314 e. The zero-order chi connectivity index (χ0) is 8.81. The monoisotopic (exact) mass is 207 g/mol. The van der Waals surface area contributed by atoms with Gasteiger partial charge in [0.15, 0.2) is 0 Å². The number of halogens is 1. The van der Waals surface area contributed by atoms with Gasteiger partial charge in [0.1, 0.15) is 0 Å². The van der Waals surface area contributed by atoms with E-state index in [1.165, 1.54) is 24.3 Å². The Kier molecular flexibility index (Phi) is 5.44. The molecule has 1 fully saturated rings. The summed E-state index contributed by atoms with van der Waals surface area (Å²) in [6, 6.07) is 0. The summed E-state index contributed by atoms with van der Waals surface area (Å²) in [6.07, 6.45) is 2.69. The van der Waals surface area contributed by atoms with Crippen LogP contribution in [0.1, 0.15) is 19.8 Å². The van der Waals surface area contributed by atoms with Gasteiger partial charge in [-0.1, -0.05) is 6.92 Å². The normalized spacial score (nSPS) is 19.5. The molecule has 0 aliphatic heterocycles. The molecular formula is C9H18ClNS. The van der Waals surface area contributed by atoms with Crippen LogP contribution >= 0.6 is 23.4 Å². The Hall–Kier alpha value is 0.600. The molecule has 1 N–H and O–H groups in total. The standard InChI is InChI=1S/C9H18ClNS/c1-2-12-6-5-11-7-9(10)8-3-4-8/h8-9,11H,2-7H2,1H3. The van der Waals surface area contributed by atoms with Crippen LogP contribution in [0.5, 0.6) is 0 Å². The molecule has 72 valence electrons. The molecule has 0 aromatic heterocycles. The van der Waals surface area contributed by atoms with Gasteiger partial charge >= 0.3 is 0 Å². The summed E-state index contributed by atoms with van der Waals surface area (Å²) in [5.74, 6) is 3.25. The maximum absolute atomic E-state index is 6.12. The van der Waals surface area contributed by atoms with Gasteiger partial charge < -0.3 is 5.32 Å². The fourth-order valence-corrected chi connectivity index (χ4v) is 2.09. The number of alkyl halides is 1. The summed E-state index contributed by atoms with van der Waals surface area (Å²) in [7, 11) is 0. The van der Waals surface area contributed by atoms with Gasteiger partial charge in [-0.2, -0.15) is 11.8 Å². The van der Waals surface area contributed by atoms with E-state index in [0.717, 1.165) is 19.0 Å². The predicted molar refractivity (Wildman–Crippen MR) is 58.2 cm³/mol. The maximum atomic E-state index is 6.12. The van der Waals surface area contributed by atoms with Gasteiger partial charge in [0.2, 0.25) is 0 Å². The lowest BCUT2D eigenvalue weighted by atomic mass is 10.3. The predicted octanol–water partition coefficient (Wildman–Crippen LogP) is 2.35. The highest BCUT2D eigenvalue weighted by Gasteiger charge is 2.28. The van der Waals surface area contributed by atoms with Crippen LogP contribution in [0, 0.1) is 5.92 Å². The quantitative estimate of drug-likeness (QED) is 0.508. The van der Waals surface area contributed by atoms with E-state index in [4.69, 9.17) is 11.6 Å². The second kappa shape index (κ2) is 6.11. The molecule has 1 unspecified atom stereocenters. The van der Waals surface area contributed by atoms with Crippen LogP contribution in [0.4, 0.5) is 0 Å². The van der Waals surface area contributed by atoms with Crippen LogP contribution in [0.3, 0.4) is 0 Å². The minimum absolute atomic E-state index is 0.386. The summed E-state index contributed by atoms with van der Waals surface area (Å²) < 4.78 is 0. The molecule has 0 radical (unpaired) electrons. The van der Waals surface area contributed by atoms with Crippen molar-refractivity contribution in [1.29, 1.82) is 0 Å². The third-order valence-electron chi connectivity index (χ3n) is 2.10. The molecule has 0 aromatic rings. The van der Waals surface area contributed by atoms with Gasteiger partial charge in [-0.25, -0.2) is 0 Å². The lowest BCUT2D eigenvalue weighted by Gasteiger charge is -2.08. The topological polar surface area (TPSA) is 12.0 Å². The largest absolute Gasteiger partial charge is 0.314 e. The summed E-state index contributed by atoms with van der Waals surface area (Å²) in [5.41, 5.74) is 0. The van der Waals surface area contributed by atoms with Crippen molar-refractivity contribution in [1.82, 2.24) is 5.32 Å². The molecule has 12 heavy (non-hydrogen) atoms. The molecule has 0 saturated heterocycles. The summed E-state index contributed by atoms with van der Waals surface area (Å²) in [5, 5.41) is 3.77. The highest BCUT2D eigenvalue weighted by atomic mass is 35.5. The molecule has 1 rings (SSSR count). The summed E-state index contributed by atoms with van der Waals surface area (Å²) >= 11 is 8.10. The van der Waals surface area contributed by atoms with Crippen LogP contribution in [0.25, 0.3) is 0 Å². The van der Waals surface area contributed by atoms with E-state index < -0.39 is 0 Å². The first-order valence-electron chi connectivity index (χ1n) is 4.77. The van der Waals surface area contributed by atoms with E-state index in [2.05, 4.69) is 12.2 Å². The van der Waals surface area contributed by atoms with Gasteiger partial charge in [-0.3, -0.25) is 0 Å². The van der Waals surface area contributed by atoms with E-state index in [0.29, 0.717) is 5.38 Å². The van der Waals surface area contributed by atoms with Crippen molar-refractivity contribution in [3.63, 3.8) is 0 Å². The zero-order valence-electron chi connectivity index (χ0n) is 7.68. The molecule has 1 aliphatic rings. The fourth-order valence-electron chi connectivity index (χ4n) is 1.15. The molecule has 0 aromatic carbocycles. The molecule has 1 saturated carbocycles. The van der Waals surface area contributed by atoms with Crippen LogP contribution < -0.4 is 5.32 Å². The van der Waals surface area contributed by atoms with Gasteiger partial charge in [-0.05, 0) is 24.5 Å².